The average Bonchev–Trinajstić information content (AvgIpc) is 3.15. The predicted octanol–water partition coefficient (Wildman–Crippen LogP) is 2.98. The molecule has 0 bridgehead atoms. The van der Waals surface area contributed by atoms with E-state index in [1.54, 1.807) is 0 Å². The van der Waals surface area contributed by atoms with Crippen molar-refractivity contribution in [3.05, 3.63) is 18.0 Å². The number of alkyl halides is 1. The second-order valence-corrected chi connectivity index (χ2v) is 4.57. The molecule has 1 heterocycles. The minimum atomic E-state index is 0.485. The van der Waals surface area contributed by atoms with Crippen LogP contribution in [0.15, 0.2) is 12.4 Å². The molecule has 1 aromatic rings. The normalized spacial score (nSPS) is 15.1. The molecular weight excluding hydrogens is 222 g/mol. The van der Waals surface area contributed by atoms with Gasteiger partial charge in [-0.3, -0.25) is 0 Å². The van der Waals surface area contributed by atoms with Crippen LogP contribution in [0.3, 0.4) is 0 Å². The number of nitrogens with zero attached hydrogens (tertiary/aromatic N) is 3. The van der Waals surface area contributed by atoms with Crippen molar-refractivity contribution in [3.8, 4) is 0 Å². The Morgan fingerprint density at radius 3 is 2.56 bits per heavy atom. The van der Waals surface area contributed by atoms with Gasteiger partial charge in [0.15, 0.2) is 0 Å². The van der Waals surface area contributed by atoms with Crippen molar-refractivity contribution in [2.24, 2.45) is 0 Å². The van der Waals surface area contributed by atoms with Crippen molar-refractivity contribution in [3.63, 3.8) is 0 Å². The summed E-state index contributed by atoms with van der Waals surface area (Å²) in [5, 5.41) is 0. The molecule has 1 aliphatic rings. The smallest absolute Gasteiger partial charge is 0.225 e. The molecule has 1 fully saturated rings. The van der Waals surface area contributed by atoms with E-state index in [2.05, 4.69) is 21.8 Å². The second kappa shape index (κ2) is 5.48. The van der Waals surface area contributed by atoms with Crippen LogP contribution >= 0.6 is 11.6 Å². The number of aromatic nitrogens is 2. The zero-order valence-electron chi connectivity index (χ0n) is 9.69. The summed E-state index contributed by atoms with van der Waals surface area (Å²) in [5.41, 5.74) is 0.983. The lowest BCUT2D eigenvalue weighted by Gasteiger charge is -2.21. The van der Waals surface area contributed by atoms with E-state index in [1.165, 1.54) is 25.7 Å². The third-order valence-electron chi connectivity index (χ3n) is 2.84. The Hall–Kier alpha value is -0.830. The second-order valence-electron chi connectivity index (χ2n) is 4.30. The maximum atomic E-state index is 5.72. The lowest BCUT2D eigenvalue weighted by Crippen LogP contribution is -2.28. The van der Waals surface area contributed by atoms with Crippen LogP contribution in [0.4, 0.5) is 5.95 Å². The lowest BCUT2D eigenvalue weighted by atomic mass is 10.3. The summed E-state index contributed by atoms with van der Waals surface area (Å²) >= 11 is 5.72. The Labute approximate surface area is 102 Å². The highest BCUT2D eigenvalue weighted by Gasteiger charge is 2.30. The number of anilines is 1. The fourth-order valence-electron chi connectivity index (χ4n) is 1.73. The lowest BCUT2D eigenvalue weighted by molar-refractivity contribution is 0.693. The van der Waals surface area contributed by atoms with E-state index in [1.807, 2.05) is 12.4 Å². The molecule has 3 nitrogen and oxygen atoms in total. The average molecular weight is 240 g/mol. The highest BCUT2D eigenvalue weighted by atomic mass is 35.5. The number of rotatable bonds is 6. The summed E-state index contributed by atoms with van der Waals surface area (Å²) in [5.74, 6) is 1.35. The van der Waals surface area contributed by atoms with Crippen LogP contribution in [0.25, 0.3) is 0 Å². The SMILES string of the molecule is CCCCN(c1ncc(CCl)cn1)C1CC1. The molecule has 0 spiro atoms. The minimum Gasteiger partial charge on any atom is -0.338 e. The van der Waals surface area contributed by atoms with Crippen LogP contribution in [-0.2, 0) is 5.88 Å². The van der Waals surface area contributed by atoms with Crippen LogP contribution in [0, 0.1) is 0 Å². The molecule has 4 heteroatoms. The maximum absolute atomic E-state index is 5.72. The first-order valence-corrected chi connectivity index (χ1v) is 6.52. The van der Waals surface area contributed by atoms with Crippen LogP contribution in [0.1, 0.15) is 38.2 Å². The van der Waals surface area contributed by atoms with Gasteiger partial charge in [-0.2, -0.15) is 0 Å². The number of hydrogen-bond donors (Lipinski definition) is 0. The highest BCUT2D eigenvalue weighted by Crippen LogP contribution is 2.29. The number of halogens is 1. The van der Waals surface area contributed by atoms with Gasteiger partial charge in [0, 0.05) is 30.5 Å². The molecule has 0 saturated heterocycles. The molecule has 0 atom stereocenters. The van der Waals surface area contributed by atoms with E-state index in [0.717, 1.165) is 18.1 Å². The Bertz CT molecular complexity index is 322. The van der Waals surface area contributed by atoms with E-state index in [4.69, 9.17) is 11.6 Å². The van der Waals surface area contributed by atoms with Gasteiger partial charge < -0.3 is 4.90 Å². The van der Waals surface area contributed by atoms with Gasteiger partial charge in [-0.25, -0.2) is 9.97 Å². The van der Waals surface area contributed by atoms with Crippen molar-refractivity contribution < 1.29 is 0 Å². The maximum Gasteiger partial charge on any atom is 0.225 e. The molecule has 88 valence electrons. The molecule has 0 unspecified atom stereocenters. The molecule has 1 aliphatic carbocycles. The Balaban J connectivity index is 2.05. The zero-order valence-corrected chi connectivity index (χ0v) is 10.5. The molecule has 0 aliphatic heterocycles. The third kappa shape index (κ3) is 2.85. The van der Waals surface area contributed by atoms with Gasteiger partial charge in [-0.15, -0.1) is 11.6 Å². The van der Waals surface area contributed by atoms with E-state index in [9.17, 15) is 0 Å². The largest absolute Gasteiger partial charge is 0.338 e. The van der Waals surface area contributed by atoms with Gasteiger partial charge in [0.05, 0.1) is 5.88 Å². The van der Waals surface area contributed by atoms with Gasteiger partial charge >= 0.3 is 0 Å². The van der Waals surface area contributed by atoms with E-state index in [0.29, 0.717) is 11.9 Å². The van der Waals surface area contributed by atoms with E-state index >= 15 is 0 Å². The van der Waals surface area contributed by atoms with Crippen LogP contribution in [0.5, 0.6) is 0 Å². The fraction of sp³-hybridized carbons (Fsp3) is 0.667. The molecule has 1 aromatic heterocycles. The van der Waals surface area contributed by atoms with Crippen LogP contribution < -0.4 is 4.90 Å². The molecule has 2 rings (SSSR count). The molecule has 0 aromatic carbocycles. The minimum absolute atomic E-state index is 0.485. The zero-order chi connectivity index (χ0) is 11.4. The van der Waals surface area contributed by atoms with Gasteiger partial charge in [0.25, 0.3) is 0 Å². The van der Waals surface area contributed by atoms with Crippen molar-refractivity contribution in [1.82, 2.24) is 9.97 Å². The van der Waals surface area contributed by atoms with Gasteiger partial charge in [-0.05, 0) is 19.3 Å². The Morgan fingerprint density at radius 2 is 2.06 bits per heavy atom. The third-order valence-corrected chi connectivity index (χ3v) is 3.15. The Kier molecular flexibility index (Phi) is 3.99. The van der Waals surface area contributed by atoms with Crippen molar-refractivity contribution in [1.29, 1.82) is 0 Å². The Morgan fingerprint density at radius 1 is 1.38 bits per heavy atom. The standard InChI is InChI=1S/C12H18ClN3/c1-2-3-6-16(11-4-5-11)12-14-8-10(7-13)9-15-12/h8-9,11H,2-7H2,1H3. The predicted molar refractivity (Wildman–Crippen MR) is 66.9 cm³/mol. The number of hydrogen-bond acceptors (Lipinski definition) is 3. The first-order chi connectivity index (χ1) is 7.85. The summed E-state index contributed by atoms with van der Waals surface area (Å²) in [6, 6.07) is 0.674. The van der Waals surface area contributed by atoms with E-state index in [-0.39, 0.29) is 0 Å². The molecule has 0 amide bonds. The summed E-state index contributed by atoms with van der Waals surface area (Å²) in [7, 11) is 0. The molecular formula is C12H18ClN3. The monoisotopic (exact) mass is 239 g/mol. The molecule has 0 radical (unpaired) electrons. The summed E-state index contributed by atoms with van der Waals surface area (Å²) < 4.78 is 0. The van der Waals surface area contributed by atoms with Crippen molar-refractivity contribution >= 4 is 17.5 Å². The van der Waals surface area contributed by atoms with E-state index < -0.39 is 0 Å². The first kappa shape index (κ1) is 11.6. The number of unbranched alkanes of at least 4 members (excludes halogenated alkanes) is 1. The van der Waals surface area contributed by atoms with Crippen molar-refractivity contribution in [2.75, 3.05) is 11.4 Å². The first-order valence-electron chi connectivity index (χ1n) is 5.98. The summed E-state index contributed by atoms with van der Waals surface area (Å²) in [6.07, 6.45) is 8.64. The van der Waals surface area contributed by atoms with Crippen molar-refractivity contribution in [2.45, 2.75) is 44.5 Å². The molecule has 16 heavy (non-hydrogen) atoms. The van der Waals surface area contributed by atoms with Gasteiger partial charge in [0.2, 0.25) is 5.95 Å². The molecule has 1 saturated carbocycles. The van der Waals surface area contributed by atoms with Gasteiger partial charge in [-0.1, -0.05) is 13.3 Å². The fourth-order valence-corrected chi connectivity index (χ4v) is 1.86. The summed E-state index contributed by atoms with van der Waals surface area (Å²) in [4.78, 5) is 11.1. The van der Waals surface area contributed by atoms with Crippen LogP contribution in [-0.4, -0.2) is 22.6 Å². The van der Waals surface area contributed by atoms with Gasteiger partial charge in [0.1, 0.15) is 0 Å². The summed E-state index contributed by atoms with van der Waals surface area (Å²) in [6.45, 7) is 3.28. The topological polar surface area (TPSA) is 29.0 Å². The van der Waals surface area contributed by atoms with Crippen LogP contribution in [0.2, 0.25) is 0 Å². The highest BCUT2D eigenvalue weighted by molar-refractivity contribution is 6.17. The quantitative estimate of drug-likeness (QED) is 0.715. The molecule has 0 N–H and O–H groups in total.